The molecule has 0 saturated carbocycles. The molecule has 17 heavy (non-hydrogen) atoms. The summed E-state index contributed by atoms with van der Waals surface area (Å²) in [6.45, 7) is 7.52. The van der Waals surface area contributed by atoms with Crippen LogP contribution in [0.25, 0.3) is 0 Å². The molecule has 1 amide bonds. The van der Waals surface area contributed by atoms with Gasteiger partial charge in [-0.25, -0.2) is 0 Å². The molecular weight excluding hydrogens is 232 g/mol. The van der Waals surface area contributed by atoms with Crippen molar-refractivity contribution in [3.05, 3.63) is 35.4 Å². The van der Waals surface area contributed by atoms with Gasteiger partial charge in [-0.05, 0) is 44.6 Å². The van der Waals surface area contributed by atoms with E-state index in [-0.39, 0.29) is 5.91 Å². The molecule has 0 aliphatic carbocycles. The van der Waals surface area contributed by atoms with Gasteiger partial charge in [0, 0.05) is 18.7 Å². The molecule has 0 spiro atoms. The molecule has 1 aromatic carbocycles. The first-order valence-electron chi connectivity index (χ1n) is 5.76. The second kappa shape index (κ2) is 6.35. The largest absolute Gasteiger partial charge is 0.350 e. The third-order valence-corrected chi connectivity index (χ3v) is 3.02. The van der Waals surface area contributed by atoms with Crippen LogP contribution in [0, 0.1) is 6.92 Å². The molecule has 0 unspecified atom stereocenters. The fourth-order valence-corrected chi connectivity index (χ4v) is 1.93. The van der Waals surface area contributed by atoms with Crippen molar-refractivity contribution in [1.82, 2.24) is 10.2 Å². The molecule has 0 radical (unpaired) electrons. The summed E-state index contributed by atoms with van der Waals surface area (Å²) in [6.07, 6.45) is 0. The van der Waals surface area contributed by atoms with E-state index in [1.165, 1.54) is 0 Å². The van der Waals surface area contributed by atoms with Crippen molar-refractivity contribution in [3.8, 4) is 0 Å². The summed E-state index contributed by atoms with van der Waals surface area (Å²) in [4.78, 5) is 13.9. The predicted molar refractivity (Wildman–Crippen MR) is 74.2 cm³/mol. The van der Waals surface area contributed by atoms with Gasteiger partial charge in [0.15, 0.2) is 5.11 Å². The second-order valence-electron chi connectivity index (χ2n) is 3.75. The number of nitrogens with zero attached hydrogens (tertiary/aromatic N) is 1. The van der Waals surface area contributed by atoms with Crippen molar-refractivity contribution in [2.24, 2.45) is 0 Å². The SMILES string of the molecule is CCN(CC)C(=S)NC(=O)c1ccccc1C. The van der Waals surface area contributed by atoms with Crippen LogP contribution in [-0.2, 0) is 0 Å². The van der Waals surface area contributed by atoms with Crippen molar-refractivity contribution in [2.45, 2.75) is 20.8 Å². The van der Waals surface area contributed by atoms with Crippen LogP contribution in [-0.4, -0.2) is 29.0 Å². The van der Waals surface area contributed by atoms with E-state index < -0.39 is 0 Å². The molecule has 1 aromatic rings. The van der Waals surface area contributed by atoms with Gasteiger partial charge in [0.1, 0.15) is 0 Å². The highest BCUT2D eigenvalue weighted by atomic mass is 32.1. The van der Waals surface area contributed by atoms with Crippen molar-refractivity contribution < 1.29 is 4.79 Å². The highest BCUT2D eigenvalue weighted by Crippen LogP contribution is 2.06. The van der Waals surface area contributed by atoms with Gasteiger partial charge in [-0.2, -0.15) is 0 Å². The summed E-state index contributed by atoms with van der Waals surface area (Å²) in [5.41, 5.74) is 1.62. The van der Waals surface area contributed by atoms with Gasteiger partial charge in [0.05, 0.1) is 0 Å². The molecule has 0 atom stereocenters. The minimum atomic E-state index is -0.139. The summed E-state index contributed by atoms with van der Waals surface area (Å²) in [5.74, 6) is -0.139. The molecule has 0 saturated heterocycles. The van der Waals surface area contributed by atoms with Crippen LogP contribution in [0.5, 0.6) is 0 Å². The van der Waals surface area contributed by atoms with Gasteiger partial charge in [0.25, 0.3) is 5.91 Å². The minimum absolute atomic E-state index is 0.139. The van der Waals surface area contributed by atoms with E-state index >= 15 is 0 Å². The monoisotopic (exact) mass is 250 g/mol. The first kappa shape index (κ1) is 13.6. The van der Waals surface area contributed by atoms with Crippen molar-refractivity contribution in [3.63, 3.8) is 0 Å². The Morgan fingerprint density at radius 3 is 2.41 bits per heavy atom. The van der Waals surface area contributed by atoms with E-state index in [9.17, 15) is 4.79 Å². The summed E-state index contributed by atoms with van der Waals surface area (Å²) in [5, 5.41) is 3.25. The van der Waals surface area contributed by atoms with E-state index in [0.717, 1.165) is 18.7 Å². The maximum atomic E-state index is 12.0. The molecular formula is C13H18N2OS. The maximum Gasteiger partial charge on any atom is 0.257 e. The number of carbonyl (C=O) groups excluding carboxylic acids is 1. The smallest absolute Gasteiger partial charge is 0.257 e. The summed E-state index contributed by atoms with van der Waals surface area (Å²) in [6, 6.07) is 7.47. The van der Waals surface area contributed by atoms with Crippen LogP contribution in [0.1, 0.15) is 29.8 Å². The summed E-state index contributed by atoms with van der Waals surface area (Å²) < 4.78 is 0. The molecule has 0 fully saturated rings. The van der Waals surface area contributed by atoms with E-state index in [0.29, 0.717) is 10.7 Å². The molecule has 92 valence electrons. The molecule has 4 heteroatoms. The molecule has 0 aliphatic rings. The van der Waals surface area contributed by atoms with Crippen LogP contribution >= 0.6 is 12.2 Å². The number of carbonyl (C=O) groups is 1. The normalized spacial score (nSPS) is 9.82. The standard InChI is InChI=1S/C13H18N2OS/c1-4-15(5-2)13(17)14-12(16)11-9-7-6-8-10(11)3/h6-9H,4-5H2,1-3H3,(H,14,16,17). The Balaban J connectivity index is 2.73. The number of aryl methyl sites for hydroxylation is 1. The number of nitrogens with one attached hydrogen (secondary N) is 1. The Bertz CT molecular complexity index is 414. The topological polar surface area (TPSA) is 32.3 Å². The zero-order valence-corrected chi connectivity index (χ0v) is 11.3. The summed E-state index contributed by atoms with van der Waals surface area (Å²) >= 11 is 5.19. The van der Waals surface area contributed by atoms with E-state index in [1.807, 2.05) is 43.9 Å². The number of thiocarbonyl (C=S) groups is 1. The Morgan fingerprint density at radius 1 is 1.29 bits per heavy atom. The fraction of sp³-hybridized carbons (Fsp3) is 0.385. The lowest BCUT2D eigenvalue weighted by atomic mass is 10.1. The molecule has 3 nitrogen and oxygen atoms in total. The Kier molecular flexibility index (Phi) is 5.10. The Morgan fingerprint density at radius 2 is 1.88 bits per heavy atom. The molecule has 1 N–H and O–H groups in total. The lowest BCUT2D eigenvalue weighted by Gasteiger charge is -2.21. The predicted octanol–water partition coefficient (Wildman–Crippen LogP) is 2.35. The Labute approximate surface area is 108 Å². The van der Waals surface area contributed by atoms with Crippen LogP contribution < -0.4 is 5.32 Å². The number of benzene rings is 1. The third kappa shape index (κ3) is 3.53. The number of rotatable bonds is 3. The minimum Gasteiger partial charge on any atom is -0.350 e. The highest BCUT2D eigenvalue weighted by Gasteiger charge is 2.12. The first-order chi connectivity index (χ1) is 8.10. The highest BCUT2D eigenvalue weighted by molar-refractivity contribution is 7.80. The molecule has 0 aromatic heterocycles. The Hall–Kier alpha value is -1.42. The quantitative estimate of drug-likeness (QED) is 0.836. The van der Waals surface area contributed by atoms with Gasteiger partial charge < -0.3 is 4.90 Å². The second-order valence-corrected chi connectivity index (χ2v) is 4.13. The first-order valence-corrected chi connectivity index (χ1v) is 6.16. The fourth-order valence-electron chi connectivity index (χ4n) is 1.58. The maximum absolute atomic E-state index is 12.0. The molecule has 0 bridgehead atoms. The van der Waals surface area contributed by atoms with Gasteiger partial charge in [0.2, 0.25) is 0 Å². The average molecular weight is 250 g/mol. The van der Waals surface area contributed by atoms with E-state index in [4.69, 9.17) is 12.2 Å². The van der Waals surface area contributed by atoms with Crippen LogP contribution in [0.2, 0.25) is 0 Å². The van der Waals surface area contributed by atoms with E-state index in [2.05, 4.69) is 5.32 Å². The van der Waals surface area contributed by atoms with Gasteiger partial charge in [-0.15, -0.1) is 0 Å². The number of hydrogen-bond donors (Lipinski definition) is 1. The van der Waals surface area contributed by atoms with E-state index in [1.54, 1.807) is 6.07 Å². The molecule has 0 aliphatic heterocycles. The van der Waals surface area contributed by atoms with Crippen molar-refractivity contribution >= 4 is 23.2 Å². The summed E-state index contributed by atoms with van der Waals surface area (Å²) in [7, 11) is 0. The lowest BCUT2D eigenvalue weighted by Crippen LogP contribution is -2.42. The number of hydrogen-bond acceptors (Lipinski definition) is 2. The average Bonchev–Trinajstić information content (AvgIpc) is 2.31. The number of amides is 1. The van der Waals surface area contributed by atoms with Crippen LogP contribution in [0.4, 0.5) is 0 Å². The molecule has 1 rings (SSSR count). The van der Waals surface area contributed by atoms with Gasteiger partial charge >= 0.3 is 0 Å². The molecule has 0 heterocycles. The van der Waals surface area contributed by atoms with Crippen molar-refractivity contribution in [2.75, 3.05) is 13.1 Å². The zero-order chi connectivity index (χ0) is 12.8. The van der Waals surface area contributed by atoms with Crippen LogP contribution in [0.15, 0.2) is 24.3 Å². The van der Waals surface area contributed by atoms with Crippen molar-refractivity contribution in [1.29, 1.82) is 0 Å². The third-order valence-electron chi connectivity index (χ3n) is 2.66. The zero-order valence-electron chi connectivity index (χ0n) is 10.5. The van der Waals surface area contributed by atoms with Gasteiger partial charge in [-0.1, -0.05) is 18.2 Å². The lowest BCUT2D eigenvalue weighted by molar-refractivity contribution is 0.0973. The van der Waals surface area contributed by atoms with Gasteiger partial charge in [-0.3, -0.25) is 10.1 Å². The van der Waals surface area contributed by atoms with Crippen LogP contribution in [0.3, 0.4) is 0 Å².